The highest BCUT2D eigenvalue weighted by Crippen LogP contribution is 2.55. The standard InChI is InChI=1S/C24H24F2N2O6/c1-12(29)20(22(31)32)28-21(30)19-18(24(19,25)26)10-27-23(33)34-11-17-15-8-4-2-6-13(15)14-7-3-5-9-16(14)17/h2-9,12,17-20,29H,10-11H2,1H3,(H,27,33)(H,28,30)(H,31,32). The van der Waals surface area contributed by atoms with Crippen molar-refractivity contribution in [2.45, 2.75) is 30.9 Å². The minimum absolute atomic E-state index is 0.0134. The second-order valence-corrected chi connectivity index (χ2v) is 8.53. The molecule has 10 heteroatoms. The van der Waals surface area contributed by atoms with Gasteiger partial charge in [0.25, 0.3) is 5.92 Å². The third-order valence-corrected chi connectivity index (χ3v) is 6.34. The Balaban J connectivity index is 1.32. The molecule has 2 aromatic carbocycles. The van der Waals surface area contributed by atoms with E-state index in [1.54, 1.807) is 0 Å². The van der Waals surface area contributed by atoms with Gasteiger partial charge in [-0.3, -0.25) is 4.79 Å². The Labute approximate surface area is 193 Å². The minimum atomic E-state index is -3.41. The number of fused-ring (bicyclic) bond motifs is 3. The smallest absolute Gasteiger partial charge is 0.407 e. The Morgan fingerprint density at radius 3 is 2.15 bits per heavy atom. The molecule has 4 rings (SSSR count). The van der Waals surface area contributed by atoms with Crippen LogP contribution >= 0.6 is 0 Å². The Hall–Kier alpha value is -3.53. The molecule has 0 aromatic heterocycles. The molecule has 2 aliphatic rings. The van der Waals surface area contributed by atoms with Gasteiger partial charge >= 0.3 is 12.1 Å². The highest BCUT2D eigenvalue weighted by atomic mass is 19.3. The molecule has 2 amide bonds. The zero-order valence-electron chi connectivity index (χ0n) is 18.2. The van der Waals surface area contributed by atoms with Crippen LogP contribution in [0.15, 0.2) is 48.5 Å². The Morgan fingerprint density at radius 2 is 1.62 bits per heavy atom. The number of carbonyl (C=O) groups is 3. The largest absolute Gasteiger partial charge is 0.480 e. The molecule has 4 unspecified atom stereocenters. The number of carboxylic acid groups (broad SMARTS) is 1. The number of nitrogens with one attached hydrogen (secondary N) is 2. The summed E-state index contributed by atoms with van der Waals surface area (Å²) in [5.41, 5.74) is 4.12. The number of amides is 2. The summed E-state index contributed by atoms with van der Waals surface area (Å²) in [7, 11) is 0. The monoisotopic (exact) mass is 474 g/mol. The Kier molecular flexibility index (Phi) is 6.26. The molecule has 2 aromatic rings. The van der Waals surface area contributed by atoms with Crippen molar-refractivity contribution >= 4 is 18.0 Å². The number of ether oxygens (including phenoxy) is 1. The fraction of sp³-hybridized carbons (Fsp3) is 0.375. The van der Waals surface area contributed by atoms with Crippen molar-refractivity contribution in [2.24, 2.45) is 11.8 Å². The molecule has 34 heavy (non-hydrogen) atoms. The first-order chi connectivity index (χ1) is 16.1. The van der Waals surface area contributed by atoms with Gasteiger partial charge in [-0.2, -0.15) is 0 Å². The number of aliphatic carboxylic acids is 1. The third-order valence-electron chi connectivity index (χ3n) is 6.34. The summed E-state index contributed by atoms with van der Waals surface area (Å²) in [4.78, 5) is 35.4. The topological polar surface area (TPSA) is 125 Å². The summed E-state index contributed by atoms with van der Waals surface area (Å²) in [6.45, 7) is 0.619. The first-order valence-electron chi connectivity index (χ1n) is 10.8. The molecule has 1 fully saturated rings. The van der Waals surface area contributed by atoms with Gasteiger partial charge in [0.1, 0.15) is 12.5 Å². The van der Waals surface area contributed by atoms with Crippen LogP contribution in [0.25, 0.3) is 11.1 Å². The van der Waals surface area contributed by atoms with Gasteiger partial charge in [-0.1, -0.05) is 48.5 Å². The van der Waals surface area contributed by atoms with Crippen LogP contribution < -0.4 is 10.6 Å². The molecular formula is C24H24F2N2O6. The maximum atomic E-state index is 14.1. The van der Waals surface area contributed by atoms with Crippen LogP contribution in [0.2, 0.25) is 0 Å². The number of carboxylic acids is 1. The zero-order valence-corrected chi connectivity index (χ0v) is 18.2. The third kappa shape index (κ3) is 4.33. The van der Waals surface area contributed by atoms with Gasteiger partial charge in [0.15, 0.2) is 6.04 Å². The van der Waals surface area contributed by atoms with Gasteiger partial charge in [0, 0.05) is 12.5 Å². The number of rotatable bonds is 8. The predicted molar refractivity (Wildman–Crippen MR) is 116 cm³/mol. The van der Waals surface area contributed by atoms with Crippen LogP contribution in [0.5, 0.6) is 0 Å². The molecule has 0 heterocycles. The maximum Gasteiger partial charge on any atom is 0.407 e. The van der Waals surface area contributed by atoms with E-state index in [1.807, 2.05) is 53.8 Å². The maximum absolute atomic E-state index is 14.1. The van der Waals surface area contributed by atoms with Crippen molar-refractivity contribution < 1.29 is 38.1 Å². The van der Waals surface area contributed by atoms with E-state index in [-0.39, 0.29) is 12.5 Å². The SMILES string of the molecule is CC(O)C(NC(=O)C1C(CNC(=O)OCC2c3ccccc3-c3ccccc32)C1(F)F)C(=O)O. The van der Waals surface area contributed by atoms with Gasteiger partial charge in [0.2, 0.25) is 5.91 Å². The van der Waals surface area contributed by atoms with Crippen LogP contribution in [0.1, 0.15) is 24.0 Å². The molecule has 4 N–H and O–H groups in total. The van der Waals surface area contributed by atoms with Crippen LogP contribution in [0, 0.1) is 11.8 Å². The normalized spacial score (nSPS) is 21.5. The fourth-order valence-corrected chi connectivity index (χ4v) is 4.48. The lowest BCUT2D eigenvalue weighted by molar-refractivity contribution is -0.145. The molecule has 0 spiro atoms. The van der Waals surface area contributed by atoms with E-state index >= 15 is 0 Å². The first kappa shape index (κ1) is 23.6. The minimum Gasteiger partial charge on any atom is -0.480 e. The molecule has 1 saturated carbocycles. The molecule has 0 radical (unpaired) electrons. The molecular weight excluding hydrogens is 450 g/mol. The number of hydrogen-bond donors (Lipinski definition) is 4. The Morgan fingerprint density at radius 1 is 1.06 bits per heavy atom. The number of hydrogen-bond acceptors (Lipinski definition) is 5. The van der Waals surface area contributed by atoms with Crippen molar-refractivity contribution in [3.8, 4) is 11.1 Å². The highest BCUT2D eigenvalue weighted by molar-refractivity contribution is 5.88. The van der Waals surface area contributed by atoms with Crippen molar-refractivity contribution in [3.63, 3.8) is 0 Å². The summed E-state index contributed by atoms with van der Waals surface area (Å²) in [5, 5.41) is 22.6. The first-order valence-corrected chi connectivity index (χ1v) is 10.8. The number of aliphatic hydroxyl groups is 1. The molecule has 0 saturated heterocycles. The van der Waals surface area contributed by atoms with E-state index in [4.69, 9.17) is 9.84 Å². The van der Waals surface area contributed by atoms with Gasteiger partial charge < -0.3 is 25.6 Å². The van der Waals surface area contributed by atoms with Crippen molar-refractivity contribution in [2.75, 3.05) is 13.2 Å². The van der Waals surface area contributed by atoms with E-state index in [9.17, 15) is 28.3 Å². The average molecular weight is 474 g/mol. The second-order valence-electron chi connectivity index (χ2n) is 8.53. The van der Waals surface area contributed by atoms with Crippen molar-refractivity contribution in [1.29, 1.82) is 0 Å². The van der Waals surface area contributed by atoms with E-state index in [0.717, 1.165) is 29.2 Å². The van der Waals surface area contributed by atoms with Crippen molar-refractivity contribution in [1.82, 2.24) is 10.6 Å². The van der Waals surface area contributed by atoms with Gasteiger partial charge in [-0.25, -0.2) is 18.4 Å². The summed E-state index contributed by atoms with van der Waals surface area (Å²) < 4.78 is 33.5. The van der Waals surface area contributed by atoms with E-state index in [0.29, 0.717) is 0 Å². The summed E-state index contributed by atoms with van der Waals surface area (Å²) >= 11 is 0. The van der Waals surface area contributed by atoms with Gasteiger partial charge in [-0.05, 0) is 29.2 Å². The van der Waals surface area contributed by atoms with Crippen LogP contribution in [-0.4, -0.2) is 59.4 Å². The Bertz CT molecular complexity index is 1080. The highest BCUT2D eigenvalue weighted by Gasteiger charge is 2.71. The van der Waals surface area contributed by atoms with Crippen LogP contribution in [0.4, 0.5) is 13.6 Å². The average Bonchev–Trinajstić information content (AvgIpc) is 3.20. The number of alkyl carbamates (subject to hydrolysis) is 1. The molecule has 180 valence electrons. The van der Waals surface area contributed by atoms with Crippen molar-refractivity contribution in [3.05, 3.63) is 59.7 Å². The number of aliphatic hydroxyl groups excluding tert-OH is 1. The summed E-state index contributed by atoms with van der Waals surface area (Å²) in [5.74, 6) is -9.65. The van der Waals surface area contributed by atoms with Crippen LogP contribution in [-0.2, 0) is 14.3 Å². The molecule has 8 nitrogen and oxygen atoms in total. The lowest BCUT2D eigenvalue weighted by Gasteiger charge is -2.16. The van der Waals surface area contributed by atoms with E-state index in [2.05, 4.69) is 5.32 Å². The molecule has 0 aliphatic heterocycles. The van der Waals surface area contributed by atoms with Crippen LogP contribution in [0.3, 0.4) is 0 Å². The fourth-order valence-electron chi connectivity index (χ4n) is 4.48. The lowest BCUT2D eigenvalue weighted by Crippen LogP contribution is -2.48. The molecule has 2 aliphatic carbocycles. The molecule has 4 atom stereocenters. The van der Waals surface area contributed by atoms with E-state index < -0.39 is 54.4 Å². The number of carbonyl (C=O) groups excluding carboxylic acids is 2. The zero-order chi connectivity index (χ0) is 24.6. The summed E-state index contributed by atoms with van der Waals surface area (Å²) in [6.07, 6.45) is -2.36. The number of benzene rings is 2. The molecule has 0 bridgehead atoms. The van der Waals surface area contributed by atoms with Gasteiger partial charge in [0.05, 0.1) is 12.0 Å². The number of alkyl halides is 2. The van der Waals surface area contributed by atoms with Gasteiger partial charge in [-0.15, -0.1) is 0 Å². The number of halogens is 2. The quantitative estimate of drug-likeness (QED) is 0.466. The summed E-state index contributed by atoms with van der Waals surface area (Å²) in [6, 6.07) is 13.8. The van der Waals surface area contributed by atoms with E-state index in [1.165, 1.54) is 0 Å². The lowest BCUT2D eigenvalue weighted by atomic mass is 9.98. The second kappa shape index (κ2) is 9.02. The predicted octanol–water partition coefficient (Wildman–Crippen LogP) is 2.36.